The van der Waals surface area contributed by atoms with Crippen LogP contribution in [0.5, 0.6) is 0 Å². The summed E-state index contributed by atoms with van der Waals surface area (Å²) in [7, 11) is 0. The van der Waals surface area contributed by atoms with Crippen molar-refractivity contribution >= 4 is 22.9 Å². The van der Waals surface area contributed by atoms with Crippen molar-refractivity contribution < 1.29 is 9.90 Å². The van der Waals surface area contributed by atoms with E-state index < -0.39 is 0 Å². The Hall–Kier alpha value is -1.69. The second-order valence-corrected chi connectivity index (χ2v) is 6.97. The minimum absolute atomic E-state index is 0.0426. The summed E-state index contributed by atoms with van der Waals surface area (Å²) in [5.74, 6) is -0.0426. The summed E-state index contributed by atoms with van der Waals surface area (Å²) < 4.78 is 0. The SMILES string of the molecule is Cc1ccsc1C(=O)Nc1ccccc1CN1CCC(O)CC1. The maximum absolute atomic E-state index is 12.4. The Morgan fingerprint density at radius 1 is 1.30 bits per heavy atom. The van der Waals surface area contributed by atoms with Crippen LogP contribution in [0.3, 0.4) is 0 Å². The van der Waals surface area contributed by atoms with Crippen molar-refractivity contribution in [3.05, 3.63) is 51.7 Å². The number of benzene rings is 1. The highest BCUT2D eigenvalue weighted by atomic mass is 32.1. The number of thiophene rings is 1. The molecule has 3 rings (SSSR count). The summed E-state index contributed by atoms with van der Waals surface area (Å²) in [4.78, 5) is 15.5. The van der Waals surface area contributed by atoms with Gasteiger partial charge >= 0.3 is 0 Å². The number of piperidine rings is 1. The van der Waals surface area contributed by atoms with Crippen LogP contribution in [-0.4, -0.2) is 35.1 Å². The van der Waals surface area contributed by atoms with Gasteiger partial charge in [-0.3, -0.25) is 9.69 Å². The third kappa shape index (κ3) is 3.99. The number of aliphatic hydroxyl groups excluding tert-OH is 1. The first-order valence-electron chi connectivity index (χ1n) is 7.97. The van der Waals surface area contributed by atoms with Crippen molar-refractivity contribution in [1.29, 1.82) is 0 Å². The van der Waals surface area contributed by atoms with E-state index in [1.165, 1.54) is 11.3 Å². The molecule has 1 amide bonds. The van der Waals surface area contributed by atoms with Crippen LogP contribution in [0.1, 0.15) is 33.6 Å². The molecular weight excluding hydrogens is 308 g/mol. The number of hydrogen-bond donors (Lipinski definition) is 2. The Kier molecular flexibility index (Phi) is 5.10. The highest BCUT2D eigenvalue weighted by Crippen LogP contribution is 2.22. The minimum Gasteiger partial charge on any atom is -0.393 e. The Labute approximate surface area is 140 Å². The Bertz CT molecular complexity index is 675. The molecule has 0 saturated carbocycles. The molecule has 0 radical (unpaired) electrons. The van der Waals surface area contributed by atoms with Crippen LogP contribution in [0, 0.1) is 6.92 Å². The van der Waals surface area contributed by atoms with Crippen molar-refractivity contribution in [2.45, 2.75) is 32.4 Å². The van der Waals surface area contributed by atoms with E-state index >= 15 is 0 Å². The first-order valence-corrected chi connectivity index (χ1v) is 8.85. The molecule has 1 saturated heterocycles. The molecule has 0 atom stereocenters. The number of amides is 1. The lowest BCUT2D eigenvalue weighted by Gasteiger charge is -2.30. The van der Waals surface area contributed by atoms with Crippen molar-refractivity contribution in [3.63, 3.8) is 0 Å². The van der Waals surface area contributed by atoms with Crippen LogP contribution < -0.4 is 5.32 Å². The monoisotopic (exact) mass is 330 g/mol. The van der Waals surface area contributed by atoms with E-state index in [9.17, 15) is 9.90 Å². The van der Waals surface area contributed by atoms with Gasteiger partial charge in [-0.15, -0.1) is 11.3 Å². The molecule has 1 aliphatic rings. The molecule has 0 spiro atoms. The van der Waals surface area contributed by atoms with Crippen LogP contribution in [0.25, 0.3) is 0 Å². The molecule has 1 fully saturated rings. The van der Waals surface area contributed by atoms with E-state index in [-0.39, 0.29) is 12.0 Å². The fraction of sp³-hybridized carbons (Fsp3) is 0.389. The van der Waals surface area contributed by atoms with E-state index in [2.05, 4.69) is 16.3 Å². The molecule has 2 aromatic rings. The number of carbonyl (C=O) groups is 1. The molecule has 0 aliphatic carbocycles. The largest absolute Gasteiger partial charge is 0.393 e. The predicted molar refractivity (Wildman–Crippen MR) is 94.0 cm³/mol. The van der Waals surface area contributed by atoms with Crippen LogP contribution in [-0.2, 0) is 6.54 Å². The standard InChI is InChI=1S/C18H22N2O2S/c1-13-8-11-23-17(13)18(22)19-16-5-3-2-4-14(16)12-20-9-6-15(21)7-10-20/h2-5,8,11,15,21H,6-7,9-10,12H2,1H3,(H,19,22). The summed E-state index contributed by atoms with van der Waals surface area (Å²) in [5.41, 5.74) is 3.00. The quantitative estimate of drug-likeness (QED) is 0.905. The van der Waals surface area contributed by atoms with Gasteiger partial charge in [-0.2, -0.15) is 0 Å². The van der Waals surface area contributed by atoms with Gasteiger partial charge in [0.15, 0.2) is 0 Å². The van der Waals surface area contributed by atoms with Gasteiger partial charge in [0.05, 0.1) is 11.0 Å². The first kappa shape index (κ1) is 16.2. The highest BCUT2D eigenvalue weighted by Gasteiger charge is 2.18. The maximum Gasteiger partial charge on any atom is 0.266 e. The van der Waals surface area contributed by atoms with Gasteiger partial charge in [0, 0.05) is 25.3 Å². The number of aryl methyl sites for hydroxylation is 1. The molecule has 2 heterocycles. The number of aliphatic hydroxyl groups is 1. The molecule has 2 N–H and O–H groups in total. The second kappa shape index (κ2) is 7.25. The summed E-state index contributed by atoms with van der Waals surface area (Å²) >= 11 is 1.47. The number of hydrogen-bond acceptors (Lipinski definition) is 4. The van der Waals surface area contributed by atoms with Crippen LogP contribution in [0.4, 0.5) is 5.69 Å². The zero-order valence-corrected chi connectivity index (χ0v) is 14.1. The normalized spacial score (nSPS) is 16.4. The summed E-state index contributed by atoms with van der Waals surface area (Å²) in [6.07, 6.45) is 1.48. The van der Waals surface area contributed by atoms with Crippen LogP contribution >= 0.6 is 11.3 Å². The zero-order valence-electron chi connectivity index (χ0n) is 13.3. The summed E-state index contributed by atoms with van der Waals surface area (Å²) in [6, 6.07) is 9.92. The predicted octanol–water partition coefficient (Wildman–Crippen LogP) is 3.27. The molecule has 0 bridgehead atoms. The highest BCUT2D eigenvalue weighted by molar-refractivity contribution is 7.12. The van der Waals surface area contributed by atoms with Gasteiger partial charge in [0.2, 0.25) is 0 Å². The average molecular weight is 330 g/mol. The summed E-state index contributed by atoms with van der Waals surface area (Å²) in [5, 5.41) is 14.6. The van der Waals surface area contributed by atoms with Gasteiger partial charge in [-0.05, 0) is 48.4 Å². The second-order valence-electron chi connectivity index (χ2n) is 6.05. The van der Waals surface area contributed by atoms with E-state index in [1.54, 1.807) is 0 Å². The third-order valence-electron chi connectivity index (χ3n) is 4.28. The van der Waals surface area contributed by atoms with Gasteiger partial charge < -0.3 is 10.4 Å². The zero-order chi connectivity index (χ0) is 16.2. The topological polar surface area (TPSA) is 52.6 Å². The molecule has 0 unspecified atom stereocenters. The lowest BCUT2D eigenvalue weighted by atomic mass is 10.1. The van der Waals surface area contributed by atoms with Gasteiger partial charge in [-0.25, -0.2) is 0 Å². The molecule has 122 valence electrons. The van der Waals surface area contributed by atoms with Gasteiger partial charge in [0.1, 0.15) is 0 Å². The summed E-state index contributed by atoms with van der Waals surface area (Å²) in [6.45, 7) is 4.55. The Morgan fingerprint density at radius 3 is 2.74 bits per heavy atom. The molecule has 23 heavy (non-hydrogen) atoms. The smallest absolute Gasteiger partial charge is 0.266 e. The number of nitrogens with one attached hydrogen (secondary N) is 1. The Morgan fingerprint density at radius 2 is 2.04 bits per heavy atom. The van der Waals surface area contributed by atoms with Crippen molar-refractivity contribution in [2.75, 3.05) is 18.4 Å². The molecule has 5 heteroatoms. The molecule has 1 aromatic heterocycles. The lowest BCUT2D eigenvalue weighted by Crippen LogP contribution is -2.35. The average Bonchev–Trinajstić information content (AvgIpc) is 2.97. The van der Waals surface area contributed by atoms with E-state index in [4.69, 9.17) is 0 Å². The van der Waals surface area contributed by atoms with Gasteiger partial charge in [0.25, 0.3) is 5.91 Å². The fourth-order valence-electron chi connectivity index (χ4n) is 2.88. The molecular formula is C18H22N2O2S. The molecule has 1 aromatic carbocycles. The van der Waals surface area contributed by atoms with Crippen molar-refractivity contribution in [2.24, 2.45) is 0 Å². The van der Waals surface area contributed by atoms with E-state index in [1.807, 2.05) is 36.6 Å². The van der Waals surface area contributed by atoms with Crippen LogP contribution in [0.2, 0.25) is 0 Å². The number of rotatable bonds is 4. The van der Waals surface area contributed by atoms with Gasteiger partial charge in [-0.1, -0.05) is 18.2 Å². The number of nitrogens with zero attached hydrogens (tertiary/aromatic N) is 1. The minimum atomic E-state index is -0.164. The number of likely N-dealkylation sites (tertiary alicyclic amines) is 1. The van der Waals surface area contributed by atoms with Crippen molar-refractivity contribution in [3.8, 4) is 0 Å². The maximum atomic E-state index is 12.4. The van der Waals surface area contributed by atoms with Crippen molar-refractivity contribution in [1.82, 2.24) is 4.90 Å². The first-order chi connectivity index (χ1) is 11.1. The Balaban J connectivity index is 1.70. The van der Waals surface area contributed by atoms with Crippen LogP contribution in [0.15, 0.2) is 35.7 Å². The fourth-order valence-corrected chi connectivity index (χ4v) is 3.70. The van der Waals surface area contributed by atoms with E-state index in [0.29, 0.717) is 0 Å². The third-order valence-corrected chi connectivity index (χ3v) is 5.30. The number of anilines is 1. The molecule has 1 aliphatic heterocycles. The number of carbonyl (C=O) groups excluding carboxylic acids is 1. The van der Waals surface area contributed by atoms with E-state index in [0.717, 1.165) is 54.2 Å². The lowest BCUT2D eigenvalue weighted by molar-refractivity contribution is 0.0793. The molecule has 4 nitrogen and oxygen atoms in total. The number of para-hydroxylation sites is 1.